The third kappa shape index (κ3) is 3.16. The molecule has 4 nitrogen and oxygen atoms in total. The predicted molar refractivity (Wildman–Crippen MR) is 88.6 cm³/mol. The lowest BCUT2D eigenvalue weighted by Gasteiger charge is -2.30. The van der Waals surface area contributed by atoms with Gasteiger partial charge in [0, 0.05) is 23.7 Å². The van der Waals surface area contributed by atoms with E-state index in [1.165, 1.54) is 11.3 Å². The number of carbonyl (C=O) groups is 1. The molecule has 1 aromatic carbocycles. The van der Waals surface area contributed by atoms with E-state index in [9.17, 15) is 4.79 Å². The van der Waals surface area contributed by atoms with Crippen LogP contribution in [0, 0.1) is 6.92 Å². The lowest BCUT2D eigenvalue weighted by Crippen LogP contribution is -2.44. The highest BCUT2D eigenvalue weighted by atomic mass is 35.5. The van der Waals surface area contributed by atoms with E-state index in [0.717, 1.165) is 16.3 Å². The maximum Gasteiger partial charge on any atom is 0.266 e. The number of amides is 1. The second-order valence-corrected chi connectivity index (χ2v) is 6.81. The molecule has 0 spiro atoms. The third-order valence-corrected chi connectivity index (χ3v) is 5.02. The molecule has 0 saturated carbocycles. The molecule has 1 aliphatic heterocycles. The monoisotopic (exact) mass is 336 g/mol. The highest BCUT2D eigenvalue weighted by molar-refractivity contribution is 7.17. The summed E-state index contributed by atoms with van der Waals surface area (Å²) >= 11 is 7.45. The van der Waals surface area contributed by atoms with Gasteiger partial charge in [0.1, 0.15) is 9.88 Å². The maximum absolute atomic E-state index is 12.7. The summed E-state index contributed by atoms with van der Waals surface area (Å²) in [6.07, 6.45) is 0.0818. The van der Waals surface area contributed by atoms with E-state index in [1.807, 2.05) is 43.0 Å². The molecular formula is C16H17ClN2O2S. The highest BCUT2D eigenvalue weighted by Gasteiger charge is 2.26. The zero-order valence-corrected chi connectivity index (χ0v) is 14.1. The first kappa shape index (κ1) is 15.5. The molecule has 1 aromatic heterocycles. The normalized spacial score (nSPS) is 18.5. The van der Waals surface area contributed by atoms with Gasteiger partial charge in [-0.15, -0.1) is 11.3 Å². The van der Waals surface area contributed by atoms with Crippen LogP contribution in [0.2, 0.25) is 5.02 Å². The van der Waals surface area contributed by atoms with Gasteiger partial charge < -0.3 is 9.64 Å². The van der Waals surface area contributed by atoms with Crippen LogP contribution in [-0.4, -0.2) is 41.6 Å². The molecule has 0 N–H and O–H groups in total. The largest absolute Gasteiger partial charge is 0.375 e. The van der Waals surface area contributed by atoms with Crippen molar-refractivity contribution < 1.29 is 9.53 Å². The van der Waals surface area contributed by atoms with Gasteiger partial charge in [0.05, 0.1) is 18.4 Å². The van der Waals surface area contributed by atoms with Crippen molar-refractivity contribution >= 4 is 28.8 Å². The Labute approximate surface area is 138 Å². The van der Waals surface area contributed by atoms with Crippen LogP contribution >= 0.6 is 22.9 Å². The minimum absolute atomic E-state index is 0.0402. The van der Waals surface area contributed by atoms with E-state index < -0.39 is 0 Å². The summed E-state index contributed by atoms with van der Waals surface area (Å²) in [4.78, 5) is 19.8. The molecule has 1 saturated heterocycles. The van der Waals surface area contributed by atoms with Crippen molar-refractivity contribution in [1.82, 2.24) is 9.88 Å². The Balaban J connectivity index is 1.87. The van der Waals surface area contributed by atoms with Crippen LogP contribution in [0.15, 0.2) is 24.3 Å². The number of morpholine rings is 1. The van der Waals surface area contributed by atoms with Crippen molar-refractivity contribution in [3.05, 3.63) is 39.9 Å². The summed E-state index contributed by atoms with van der Waals surface area (Å²) in [7, 11) is 0. The Morgan fingerprint density at radius 3 is 3.05 bits per heavy atom. The molecule has 0 aliphatic carbocycles. The third-order valence-electron chi connectivity index (χ3n) is 3.59. The fourth-order valence-corrected chi connectivity index (χ4v) is 3.71. The Kier molecular flexibility index (Phi) is 4.47. The molecule has 3 rings (SSSR count). The van der Waals surface area contributed by atoms with Gasteiger partial charge in [0.25, 0.3) is 5.91 Å². The standard InChI is InChI=1S/C16H17ClN2O2S/c1-10-9-19(6-7-21-10)16(20)14-11(2)18-15(22-14)12-4-3-5-13(17)8-12/h3-5,8,10H,6-7,9H2,1-2H3. The summed E-state index contributed by atoms with van der Waals surface area (Å²) in [6, 6.07) is 7.53. The van der Waals surface area contributed by atoms with Gasteiger partial charge in [0.2, 0.25) is 0 Å². The lowest BCUT2D eigenvalue weighted by molar-refractivity contribution is -0.0122. The Hall–Kier alpha value is -1.43. The SMILES string of the molecule is Cc1nc(-c2cccc(Cl)c2)sc1C(=O)N1CCOC(C)C1. The second-order valence-electron chi connectivity index (χ2n) is 5.38. The summed E-state index contributed by atoms with van der Waals surface area (Å²) < 4.78 is 5.49. The van der Waals surface area contributed by atoms with E-state index in [1.54, 1.807) is 0 Å². The summed E-state index contributed by atoms with van der Waals surface area (Å²) in [5, 5.41) is 1.49. The number of rotatable bonds is 2. The minimum Gasteiger partial charge on any atom is -0.375 e. The number of thiazole rings is 1. The molecule has 0 bridgehead atoms. The number of halogens is 1. The summed E-state index contributed by atoms with van der Waals surface area (Å²) in [6.45, 7) is 5.71. The van der Waals surface area contributed by atoms with Gasteiger partial charge in [-0.2, -0.15) is 0 Å². The van der Waals surface area contributed by atoms with Gasteiger partial charge in [0.15, 0.2) is 0 Å². The molecule has 0 radical (unpaired) electrons. The van der Waals surface area contributed by atoms with Gasteiger partial charge in [-0.05, 0) is 26.0 Å². The number of ether oxygens (including phenoxy) is 1. The minimum atomic E-state index is 0.0402. The molecule has 1 amide bonds. The van der Waals surface area contributed by atoms with E-state index >= 15 is 0 Å². The molecule has 1 atom stereocenters. The van der Waals surface area contributed by atoms with Crippen molar-refractivity contribution in [1.29, 1.82) is 0 Å². The van der Waals surface area contributed by atoms with Crippen molar-refractivity contribution in [3.8, 4) is 10.6 Å². The van der Waals surface area contributed by atoms with Crippen LogP contribution in [0.5, 0.6) is 0 Å². The molecular weight excluding hydrogens is 320 g/mol. The molecule has 6 heteroatoms. The van der Waals surface area contributed by atoms with Crippen LogP contribution in [0.1, 0.15) is 22.3 Å². The fraction of sp³-hybridized carbons (Fsp3) is 0.375. The first-order valence-corrected chi connectivity index (χ1v) is 8.38. The van der Waals surface area contributed by atoms with Crippen LogP contribution in [0.3, 0.4) is 0 Å². The van der Waals surface area contributed by atoms with Crippen molar-refractivity contribution in [3.63, 3.8) is 0 Å². The number of aromatic nitrogens is 1. The van der Waals surface area contributed by atoms with E-state index in [0.29, 0.717) is 29.6 Å². The maximum atomic E-state index is 12.7. The van der Waals surface area contributed by atoms with Crippen molar-refractivity contribution in [2.75, 3.05) is 19.7 Å². The Bertz CT molecular complexity index is 701. The van der Waals surface area contributed by atoms with E-state index in [4.69, 9.17) is 16.3 Å². The number of nitrogens with zero attached hydrogens (tertiary/aromatic N) is 2. The van der Waals surface area contributed by atoms with Crippen LogP contribution in [0.25, 0.3) is 10.6 Å². The van der Waals surface area contributed by atoms with Crippen molar-refractivity contribution in [2.24, 2.45) is 0 Å². The zero-order valence-electron chi connectivity index (χ0n) is 12.5. The second kappa shape index (κ2) is 6.36. The molecule has 116 valence electrons. The van der Waals surface area contributed by atoms with Gasteiger partial charge in [-0.1, -0.05) is 23.7 Å². The Morgan fingerprint density at radius 2 is 2.32 bits per heavy atom. The van der Waals surface area contributed by atoms with Crippen LogP contribution < -0.4 is 0 Å². The average Bonchev–Trinajstić information content (AvgIpc) is 2.88. The number of carbonyl (C=O) groups excluding carboxylic acids is 1. The topological polar surface area (TPSA) is 42.4 Å². The lowest BCUT2D eigenvalue weighted by atomic mass is 10.2. The van der Waals surface area contributed by atoms with E-state index in [-0.39, 0.29) is 12.0 Å². The molecule has 2 heterocycles. The zero-order chi connectivity index (χ0) is 15.7. The smallest absolute Gasteiger partial charge is 0.266 e. The number of benzene rings is 1. The van der Waals surface area contributed by atoms with Crippen LogP contribution in [0.4, 0.5) is 0 Å². The first-order valence-electron chi connectivity index (χ1n) is 7.19. The predicted octanol–water partition coefficient (Wildman–Crippen LogP) is 3.63. The number of aryl methyl sites for hydroxylation is 1. The van der Waals surface area contributed by atoms with Gasteiger partial charge in [-0.3, -0.25) is 4.79 Å². The first-order chi connectivity index (χ1) is 10.5. The molecule has 1 fully saturated rings. The van der Waals surface area contributed by atoms with Gasteiger partial charge in [-0.25, -0.2) is 4.98 Å². The van der Waals surface area contributed by atoms with Gasteiger partial charge >= 0.3 is 0 Å². The average molecular weight is 337 g/mol. The Morgan fingerprint density at radius 1 is 1.50 bits per heavy atom. The number of hydrogen-bond acceptors (Lipinski definition) is 4. The molecule has 2 aromatic rings. The molecule has 1 aliphatic rings. The fourth-order valence-electron chi connectivity index (χ4n) is 2.49. The summed E-state index contributed by atoms with van der Waals surface area (Å²) in [5.41, 5.74) is 1.71. The highest BCUT2D eigenvalue weighted by Crippen LogP contribution is 2.30. The molecule has 1 unspecified atom stereocenters. The quantitative estimate of drug-likeness (QED) is 0.841. The van der Waals surface area contributed by atoms with E-state index in [2.05, 4.69) is 4.98 Å². The van der Waals surface area contributed by atoms with Crippen LogP contribution in [-0.2, 0) is 4.74 Å². The molecule has 22 heavy (non-hydrogen) atoms. The van der Waals surface area contributed by atoms with Crippen molar-refractivity contribution in [2.45, 2.75) is 20.0 Å². The number of hydrogen-bond donors (Lipinski definition) is 0. The summed E-state index contributed by atoms with van der Waals surface area (Å²) in [5.74, 6) is 0.0402.